The highest BCUT2D eigenvalue weighted by molar-refractivity contribution is 7.89. The lowest BCUT2D eigenvalue weighted by Gasteiger charge is -2.31. The van der Waals surface area contributed by atoms with Crippen molar-refractivity contribution < 1.29 is 22.7 Å². The first-order chi connectivity index (χ1) is 15.2. The first-order valence-corrected chi connectivity index (χ1v) is 12.3. The van der Waals surface area contributed by atoms with Gasteiger partial charge in [-0.15, -0.1) is 0 Å². The van der Waals surface area contributed by atoms with Crippen LogP contribution in [0.2, 0.25) is 0 Å². The van der Waals surface area contributed by atoms with Gasteiger partial charge in [-0.2, -0.15) is 4.31 Å². The molecule has 1 saturated heterocycles. The summed E-state index contributed by atoms with van der Waals surface area (Å²) in [5.74, 6) is 0.741. The number of piperidine rings is 1. The van der Waals surface area contributed by atoms with Gasteiger partial charge in [-0.25, -0.2) is 8.42 Å². The Labute approximate surface area is 190 Å². The third-order valence-electron chi connectivity index (χ3n) is 5.47. The van der Waals surface area contributed by atoms with Crippen LogP contribution in [0.3, 0.4) is 0 Å². The van der Waals surface area contributed by atoms with Gasteiger partial charge in [-0.05, 0) is 63.4 Å². The molecule has 0 spiro atoms. The van der Waals surface area contributed by atoms with Crippen molar-refractivity contribution in [2.75, 3.05) is 20.2 Å². The highest BCUT2D eigenvalue weighted by Crippen LogP contribution is 2.29. The number of hydrogen-bond acceptors (Lipinski definition) is 5. The second-order valence-electron chi connectivity index (χ2n) is 8.38. The number of carbonyl (C=O) groups excluding carboxylic acids is 1. The number of sulfonamides is 1. The fraction of sp³-hybridized carbons (Fsp3) is 0.458. The van der Waals surface area contributed by atoms with Crippen molar-refractivity contribution >= 4 is 15.9 Å². The van der Waals surface area contributed by atoms with Crippen LogP contribution in [0, 0.1) is 12.8 Å². The van der Waals surface area contributed by atoms with Crippen LogP contribution in [0.5, 0.6) is 11.5 Å². The van der Waals surface area contributed by atoms with E-state index in [1.807, 2.05) is 39.0 Å². The highest BCUT2D eigenvalue weighted by atomic mass is 32.2. The molecule has 174 valence electrons. The van der Waals surface area contributed by atoms with Crippen molar-refractivity contribution in [3.8, 4) is 11.5 Å². The molecule has 1 atom stereocenters. The van der Waals surface area contributed by atoms with E-state index in [0.29, 0.717) is 37.4 Å². The number of amides is 1. The van der Waals surface area contributed by atoms with Gasteiger partial charge in [0, 0.05) is 19.6 Å². The van der Waals surface area contributed by atoms with Crippen LogP contribution in [0.25, 0.3) is 0 Å². The Hall–Kier alpha value is -2.58. The molecule has 1 aliphatic heterocycles. The summed E-state index contributed by atoms with van der Waals surface area (Å²) in [6, 6.07) is 12.4. The van der Waals surface area contributed by atoms with Gasteiger partial charge in [0.1, 0.15) is 0 Å². The maximum absolute atomic E-state index is 13.0. The fourth-order valence-electron chi connectivity index (χ4n) is 3.74. The van der Waals surface area contributed by atoms with Gasteiger partial charge in [-0.1, -0.05) is 23.8 Å². The van der Waals surface area contributed by atoms with Gasteiger partial charge in [0.2, 0.25) is 15.9 Å². The molecule has 1 heterocycles. The summed E-state index contributed by atoms with van der Waals surface area (Å²) >= 11 is 0. The smallest absolute Gasteiger partial charge is 0.243 e. The molecule has 7 nitrogen and oxygen atoms in total. The molecule has 0 radical (unpaired) electrons. The molecule has 0 unspecified atom stereocenters. The van der Waals surface area contributed by atoms with Crippen molar-refractivity contribution in [3.05, 3.63) is 53.6 Å². The summed E-state index contributed by atoms with van der Waals surface area (Å²) in [5, 5.41) is 2.94. The van der Waals surface area contributed by atoms with E-state index in [4.69, 9.17) is 9.47 Å². The second-order valence-corrected chi connectivity index (χ2v) is 10.3. The van der Waals surface area contributed by atoms with E-state index in [9.17, 15) is 13.2 Å². The van der Waals surface area contributed by atoms with Crippen LogP contribution in [0.1, 0.15) is 37.8 Å². The van der Waals surface area contributed by atoms with Crippen LogP contribution in [0.15, 0.2) is 47.4 Å². The molecule has 8 heteroatoms. The van der Waals surface area contributed by atoms with Crippen LogP contribution >= 0.6 is 0 Å². The van der Waals surface area contributed by atoms with Gasteiger partial charge in [0.05, 0.1) is 24.0 Å². The lowest BCUT2D eigenvalue weighted by Crippen LogP contribution is -2.45. The molecule has 0 aliphatic carbocycles. The van der Waals surface area contributed by atoms with E-state index in [1.165, 1.54) is 4.31 Å². The quantitative estimate of drug-likeness (QED) is 0.652. The maximum atomic E-state index is 13.0. The Balaban J connectivity index is 1.62. The van der Waals surface area contributed by atoms with Crippen LogP contribution in [0.4, 0.5) is 0 Å². The maximum Gasteiger partial charge on any atom is 0.243 e. The lowest BCUT2D eigenvalue weighted by atomic mass is 9.98. The number of nitrogens with zero attached hydrogens (tertiary/aromatic N) is 1. The summed E-state index contributed by atoms with van der Waals surface area (Å²) in [4.78, 5) is 13.1. The average molecular weight is 461 g/mol. The van der Waals surface area contributed by atoms with Crippen LogP contribution in [-0.4, -0.2) is 44.9 Å². The highest BCUT2D eigenvalue weighted by Gasteiger charge is 2.33. The van der Waals surface area contributed by atoms with Crippen LogP contribution in [-0.2, 0) is 21.4 Å². The topological polar surface area (TPSA) is 84.9 Å². The van der Waals surface area contributed by atoms with Crippen molar-refractivity contribution in [2.45, 2.75) is 51.2 Å². The van der Waals surface area contributed by atoms with Gasteiger partial charge in [0.25, 0.3) is 0 Å². The standard InChI is InChI=1S/C24H32N2O5S/c1-17(2)31-22-12-9-19(14-23(22)30-4)15-25-24(27)20-6-5-13-26(16-20)32(28,29)21-10-7-18(3)8-11-21/h7-12,14,17,20H,5-6,13,15-16H2,1-4H3,(H,25,27)/t20-/m0/s1. The van der Waals surface area contributed by atoms with Gasteiger partial charge in [-0.3, -0.25) is 4.79 Å². The van der Waals surface area contributed by atoms with E-state index in [2.05, 4.69) is 5.32 Å². The number of ether oxygens (including phenoxy) is 2. The van der Waals surface area contributed by atoms with E-state index in [0.717, 1.165) is 11.1 Å². The minimum atomic E-state index is -3.61. The van der Waals surface area contributed by atoms with Gasteiger partial charge < -0.3 is 14.8 Å². The third-order valence-corrected chi connectivity index (χ3v) is 7.35. The van der Waals surface area contributed by atoms with Crippen molar-refractivity contribution in [2.24, 2.45) is 5.92 Å². The molecule has 1 fully saturated rings. The minimum absolute atomic E-state index is 0.0277. The Kier molecular flexibility index (Phi) is 7.79. The number of hydrogen-bond donors (Lipinski definition) is 1. The van der Waals surface area contributed by atoms with Crippen molar-refractivity contribution in [1.82, 2.24) is 9.62 Å². The molecule has 2 aromatic rings. The third kappa shape index (κ3) is 5.81. The number of methoxy groups -OCH3 is 1. The number of nitrogens with one attached hydrogen (secondary N) is 1. The minimum Gasteiger partial charge on any atom is -0.493 e. The summed E-state index contributed by atoms with van der Waals surface area (Å²) < 4.78 is 38.5. The number of carbonyl (C=O) groups is 1. The zero-order valence-electron chi connectivity index (χ0n) is 19.1. The van der Waals surface area contributed by atoms with Gasteiger partial charge >= 0.3 is 0 Å². The zero-order chi connectivity index (χ0) is 23.3. The SMILES string of the molecule is COc1cc(CNC(=O)[C@H]2CCCN(S(=O)(=O)c3ccc(C)cc3)C2)ccc1OC(C)C. The Morgan fingerprint density at radius 3 is 2.53 bits per heavy atom. The Morgan fingerprint density at radius 1 is 1.16 bits per heavy atom. The Bertz CT molecular complexity index is 1030. The Morgan fingerprint density at radius 2 is 1.88 bits per heavy atom. The molecule has 0 bridgehead atoms. The largest absolute Gasteiger partial charge is 0.493 e. The molecule has 1 amide bonds. The average Bonchev–Trinajstić information content (AvgIpc) is 2.78. The molecular formula is C24H32N2O5S. The summed E-state index contributed by atoms with van der Waals surface area (Å²) in [5.41, 5.74) is 1.88. The molecule has 0 aromatic heterocycles. The lowest BCUT2D eigenvalue weighted by molar-refractivity contribution is -0.126. The molecular weight excluding hydrogens is 428 g/mol. The molecule has 2 aromatic carbocycles. The fourth-order valence-corrected chi connectivity index (χ4v) is 5.26. The van der Waals surface area contributed by atoms with Crippen molar-refractivity contribution in [3.63, 3.8) is 0 Å². The van der Waals surface area contributed by atoms with E-state index < -0.39 is 10.0 Å². The predicted octanol–water partition coefficient (Wildman–Crippen LogP) is 3.51. The first kappa shape index (κ1) is 24.1. The molecule has 0 saturated carbocycles. The number of benzene rings is 2. The molecule has 32 heavy (non-hydrogen) atoms. The van der Waals surface area contributed by atoms with E-state index in [1.54, 1.807) is 31.4 Å². The zero-order valence-corrected chi connectivity index (χ0v) is 19.9. The number of aryl methyl sites for hydroxylation is 1. The van der Waals surface area contributed by atoms with E-state index in [-0.39, 0.29) is 29.4 Å². The van der Waals surface area contributed by atoms with E-state index >= 15 is 0 Å². The monoisotopic (exact) mass is 460 g/mol. The normalized spacial score (nSPS) is 17.2. The predicted molar refractivity (Wildman–Crippen MR) is 123 cm³/mol. The summed E-state index contributed by atoms with van der Waals surface area (Å²) in [6.45, 7) is 6.75. The van der Waals surface area contributed by atoms with Gasteiger partial charge in [0.15, 0.2) is 11.5 Å². The number of rotatable bonds is 8. The van der Waals surface area contributed by atoms with Crippen molar-refractivity contribution in [1.29, 1.82) is 0 Å². The van der Waals surface area contributed by atoms with Crippen LogP contribution < -0.4 is 14.8 Å². The summed E-state index contributed by atoms with van der Waals surface area (Å²) in [6.07, 6.45) is 1.34. The first-order valence-electron chi connectivity index (χ1n) is 10.9. The molecule has 1 N–H and O–H groups in total. The molecule has 3 rings (SSSR count). The molecule has 1 aliphatic rings. The second kappa shape index (κ2) is 10.4. The summed E-state index contributed by atoms with van der Waals surface area (Å²) in [7, 11) is -2.03.